The Morgan fingerprint density at radius 2 is 2.10 bits per heavy atom. The van der Waals surface area contributed by atoms with Gasteiger partial charge in [0.15, 0.2) is 8.32 Å². The highest BCUT2D eigenvalue weighted by Gasteiger charge is 2.51. The van der Waals surface area contributed by atoms with Crippen molar-refractivity contribution in [1.29, 1.82) is 0 Å². The van der Waals surface area contributed by atoms with E-state index in [2.05, 4.69) is 52.1 Å². The molecule has 1 fully saturated rings. The smallest absolute Gasteiger partial charge is 0.232 e. The molecule has 0 aromatic rings. The molecule has 1 aliphatic rings. The lowest BCUT2D eigenvalue weighted by atomic mass is 9.83. The van der Waals surface area contributed by atoms with E-state index >= 15 is 0 Å². The average molecular weight is 305 g/mol. The third kappa shape index (κ3) is 3.49. The number of β-lactam (4-membered cyclic amide) rings is 1. The zero-order valence-corrected chi connectivity index (χ0v) is 15.1. The summed E-state index contributed by atoms with van der Waals surface area (Å²) in [6.07, 6.45) is 7.01. The van der Waals surface area contributed by atoms with Crippen LogP contribution in [0.1, 0.15) is 27.7 Å². The highest BCUT2D eigenvalue weighted by atomic mass is 28.4. The van der Waals surface area contributed by atoms with E-state index < -0.39 is 8.32 Å². The fourth-order valence-electron chi connectivity index (χ4n) is 2.39. The van der Waals surface area contributed by atoms with E-state index in [0.717, 1.165) is 0 Å². The predicted octanol–water partition coefficient (Wildman–Crippen LogP) is 3.20. The largest absolute Gasteiger partial charge is 0.413 e. The quantitative estimate of drug-likeness (QED) is 0.338. The molecule has 116 valence electrons. The summed E-state index contributed by atoms with van der Waals surface area (Å²) in [6.45, 7) is 16.9. The SMILES string of the molecule is C#CCN1C(=O)[C@H]([C@@H](C)O[Si](C)(C)C(C)(C)C)[C@H]1C=C=C. The summed E-state index contributed by atoms with van der Waals surface area (Å²) in [6, 6.07) is -0.0502. The first kappa shape index (κ1) is 17.8. The van der Waals surface area contributed by atoms with Gasteiger partial charge in [0.2, 0.25) is 5.91 Å². The molecular formula is C17H27NO2Si. The molecule has 4 heteroatoms. The first-order chi connectivity index (χ1) is 9.56. The zero-order chi connectivity index (χ0) is 16.4. The summed E-state index contributed by atoms with van der Waals surface area (Å²) >= 11 is 0. The second-order valence-electron chi connectivity index (χ2n) is 7.14. The number of carbonyl (C=O) groups excluding carboxylic acids is 1. The summed E-state index contributed by atoms with van der Waals surface area (Å²) in [5.74, 6) is 2.41. The maximum absolute atomic E-state index is 12.3. The van der Waals surface area contributed by atoms with Gasteiger partial charge >= 0.3 is 0 Å². The molecule has 0 unspecified atom stereocenters. The molecule has 1 amide bonds. The van der Waals surface area contributed by atoms with Crippen molar-refractivity contribution in [2.45, 2.75) is 58.0 Å². The maximum atomic E-state index is 12.3. The number of likely N-dealkylation sites (tertiary alicyclic amines) is 1. The number of rotatable bonds is 5. The molecule has 0 radical (unpaired) electrons. The van der Waals surface area contributed by atoms with Gasteiger partial charge in [-0.25, -0.2) is 0 Å². The highest BCUT2D eigenvalue weighted by molar-refractivity contribution is 6.74. The van der Waals surface area contributed by atoms with Gasteiger partial charge in [0.25, 0.3) is 0 Å². The lowest BCUT2D eigenvalue weighted by molar-refractivity contribution is -0.157. The standard InChI is InChI=1S/C17H27NO2Si/c1-9-11-14-15(16(19)18(14)12-10-2)13(3)20-21(7,8)17(4,5)6/h2,11,13-15H,1,12H2,3-8H3/t13-,14-,15-/m1/s1. The number of hydrogen-bond acceptors (Lipinski definition) is 2. The van der Waals surface area contributed by atoms with Gasteiger partial charge in [-0.15, -0.1) is 12.2 Å². The van der Waals surface area contributed by atoms with Gasteiger partial charge in [-0.05, 0) is 31.1 Å². The van der Waals surface area contributed by atoms with Crippen LogP contribution >= 0.6 is 0 Å². The third-order valence-electron chi connectivity index (χ3n) is 4.64. The summed E-state index contributed by atoms with van der Waals surface area (Å²) in [4.78, 5) is 14.0. The molecule has 0 bridgehead atoms. The van der Waals surface area contributed by atoms with Crippen LogP contribution in [0.2, 0.25) is 18.1 Å². The molecular weight excluding hydrogens is 278 g/mol. The minimum absolute atomic E-state index is 0.0502. The number of nitrogens with zero attached hydrogens (tertiary/aromatic N) is 1. The molecule has 0 spiro atoms. The van der Waals surface area contributed by atoms with E-state index in [9.17, 15) is 4.79 Å². The predicted molar refractivity (Wildman–Crippen MR) is 89.3 cm³/mol. The minimum atomic E-state index is -1.90. The first-order valence-corrected chi connectivity index (χ1v) is 10.3. The molecule has 3 nitrogen and oxygen atoms in total. The van der Waals surface area contributed by atoms with E-state index in [-0.39, 0.29) is 29.0 Å². The van der Waals surface area contributed by atoms with Crippen LogP contribution in [0.4, 0.5) is 0 Å². The van der Waals surface area contributed by atoms with Gasteiger partial charge in [0, 0.05) is 0 Å². The lowest BCUT2D eigenvalue weighted by Gasteiger charge is -2.49. The van der Waals surface area contributed by atoms with Crippen LogP contribution in [0, 0.1) is 18.3 Å². The normalized spacial score (nSPS) is 23.9. The van der Waals surface area contributed by atoms with Gasteiger partial charge in [0.05, 0.1) is 24.6 Å². The Bertz CT molecular complexity index is 492. The topological polar surface area (TPSA) is 29.5 Å². The first-order valence-electron chi connectivity index (χ1n) is 7.34. The zero-order valence-electron chi connectivity index (χ0n) is 14.1. The Morgan fingerprint density at radius 1 is 1.52 bits per heavy atom. The molecule has 1 aliphatic heterocycles. The fourth-order valence-corrected chi connectivity index (χ4v) is 3.82. The lowest BCUT2D eigenvalue weighted by Crippen LogP contribution is -2.64. The molecule has 0 aliphatic carbocycles. The van der Waals surface area contributed by atoms with E-state index in [1.165, 1.54) is 0 Å². The Balaban J connectivity index is 2.88. The molecule has 1 heterocycles. The Kier molecular flexibility index (Phi) is 5.28. The summed E-state index contributed by atoms with van der Waals surface area (Å²) < 4.78 is 6.35. The van der Waals surface area contributed by atoms with Crippen LogP contribution in [-0.2, 0) is 9.22 Å². The van der Waals surface area contributed by atoms with Gasteiger partial charge in [-0.1, -0.05) is 33.3 Å². The fraction of sp³-hybridized carbons (Fsp3) is 0.647. The van der Waals surface area contributed by atoms with Crippen LogP contribution in [0.5, 0.6) is 0 Å². The second-order valence-corrected chi connectivity index (χ2v) is 11.9. The molecule has 1 saturated heterocycles. The number of terminal acetylenes is 1. The molecule has 21 heavy (non-hydrogen) atoms. The summed E-state index contributed by atoms with van der Waals surface area (Å²) in [5, 5.41) is 0.121. The van der Waals surface area contributed by atoms with E-state index in [1.807, 2.05) is 13.0 Å². The van der Waals surface area contributed by atoms with Gasteiger partial charge in [-0.2, -0.15) is 0 Å². The molecule has 0 N–H and O–H groups in total. The van der Waals surface area contributed by atoms with Crippen LogP contribution in [0.25, 0.3) is 0 Å². The summed E-state index contributed by atoms with van der Waals surface area (Å²) in [5.41, 5.74) is 2.77. The Labute approximate surface area is 130 Å². The van der Waals surface area contributed by atoms with Crippen molar-refractivity contribution in [3.8, 4) is 12.3 Å². The van der Waals surface area contributed by atoms with Crippen molar-refractivity contribution in [1.82, 2.24) is 4.90 Å². The highest BCUT2D eigenvalue weighted by Crippen LogP contribution is 2.40. The average Bonchev–Trinajstić information content (AvgIpc) is 2.33. The summed E-state index contributed by atoms with van der Waals surface area (Å²) in [7, 11) is -1.90. The number of carbonyl (C=O) groups is 1. The van der Waals surface area contributed by atoms with Gasteiger partial charge in [-0.3, -0.25) is 4.79 Å². The molecule has 0 saturated carbocycles. The van der Waals surface area contributed by atoms with E-state index in [1.54, 1.807) is 4.90 Å². The monoisotopic (exact) mass is 305 g/mol. The van der Waals surface area contributed by atoms with Crippen LogP contribution in [-0.4, -0.2) is 37.8 Å². The molecule has 1 rings (SSSR count). The van der Waals surface area contributed by atoms with Crippen LogP contribution < -0.4 is 0 Å². The minimum Gasteiger partial charge on any atom is -0.413 e. The Hall–Kier alpha value is -1.27. The van der Waals surface area contributed by atoms with Crippen molar-refractivity contribution >= 4 is 14.2 Å². The van der Waals surface area contributed by atoms with Crippen LogP contribution in [0.15, 0.2) is 18.4 Å². The van der Waals surface area contributed by atoms with E-state index in [4.69, 9.17) is 10.8 Å². The molecule has 0 aromatic heterocycles. The van der Waals surface area contributed by atoms with Gasteiger partial charge < -0.3 is 9.33 Å². The number of hydrogen-bond donors (Lipinski definition) is 0. The number of amides is 1. The Morgan fingerprint density at radius 3 is 2.52 bits per heavy atom. The van der Waals surface area contributed by atoms with Crippen LogP contribution in [0.3, 0.4) is 0 Å². The van der Waals surface area contributed by atoms with Crippen molar-refractivity contribution in [3.63, 3.8) is 0 Å². The maximum Gasteiger partial charge on any atom is 0.232 e. The van der Waals surface area contributed by atoms with Crippen molar-refractivity contribution in [2.24, 2.45) is 5.92 Å². The van der Waals surface area contributed by atoms with Crippen molar-refractivity contribution in [2.75, 3.05) is 6.54 Å². The van der Waals surface area contributed by atoms with Crippen molar-refractivity contribution in [3.05, 3.63) is 18.4 Å². The van der Waals surface area contributed by atoms with E-state index in [0.29, 0.717) is 6.54 Å². The van der Waals surface area contributed by atoms with Gasteiger partial charge in [0.1, 0.15) is 0 Å². The molecule has 0 aromatic carbocycles. The molecule has 3 atom stereocenters. The van der Waals surface area contributed by atoms with Crippen molar-refractivity contribution < 1.29 is 9.22 Å². The third-order valence-corrected chi connectivity index (χ3v) is 9.21. The second kappa shape index (κ2) is 6.23.